The van der Waals surface area contributed by atoms with E-state index < -0.39 is 41.6 Å². The van der Waals surface area contributed by atoms with Gasteiger partial charge in [-0.25, -0.2) is 4.79 Å². The number of aliphatic hydroxyl groups is 1. The Bertz CT molecular complexity index is 1350. The number of hydrogen-bond acceptors (Lipinski definition) is 7. The lowest BCUT2D eigenvalue weighted by atomic mass is 9.86. The molecular formula is C34H40N3O7. The van der Waals surface area contributed by atoms with Crippen molar-refractivity contribution < 1.29 is 33.8 Å². The van der Waals surface area contributed by atoms with E-state index in [4.69, 9.17) is 9.47 Å². The van der Waals surface area contributed by atoms with Crippen molar-refractivity contribution in [3.05, 3.63) is 108 Å². The molecular weight excluding hydrogens is 562 g/mol. The Morgan fingerprint density at radius 3 is 1.91 bits per heavy atom. The summed E-state index contributed by atoms with van der Waals surface area (Å²) >= 11 is 0. The Balaban J connectivity index is 1.56. The molecule has 0 heterocycles. The highest BCUT2D eigenvalue weighted by Crippen LogP contribution is 2.22. The predicted molar refractivity (Wildman–Crippen MR) is 165 cm³/mol. The van der Waals surface area contributed by atoms with Gasteiger partial charge in [0.2, 0.25) is 11.8 Å². The Morgan fingerprint density at radius 2 is 1.32 bits per heavy atom. The molecule has 10 nitrogen and oxygen atoms in total. The van der Waals surface area contributed by atoms with Gasteiger partial charge in [-0.05, 0) is 56.0 Å². The zero-order chi connectivity index (χ0) is 32.0. The van der Waals surface area contributed by atoms with Crippen LogP contribution in [0.2, 0.25) is 0 Å². The molecule has 44 heavy (non-hydrogen) atoms. The van der Waals surface area contributed by atoms with Crippen molar-refractivity contribution in [2.45, 2.75) is 70.6 Å². The number of hydrogen-bond donors (Lipinski definition) is 4. The largest absolute Gasteiger partial charge is 0.489 e. The van der Waals surface area contributed by atoms with E-state index >= 15 is 0 Å². The number of benzene rings is 3. The van der Waals surface area contributed by atoms with Crippen LogP contribution in [0.3, 0.4) is 0 Å². The fourth-order valence-corrected chi connectivity index (χ4v) is 4.24. The Hall–Kier alpha value is -4.70. The second kappa shape index (κ2) is 16.8. The van der Waals surface area contributed by atoms with E-state index in [1.54, 1.807) is 0 Å². The molecule has 0 aliphatic heterocycles. The first-order chi connectivity index (χ1) is 21.1. The number of rotatable bonds is 16. The monoisotopic (exact) mass is 602 g/mol. The highest BCUT2D eigenvalue weighted by Gasteiger charge is 2.34. The van der Waals surface area contributed by atoms with E-state index in [0.717, 1.165) is 16.7 Å². The minimum absolute atomic E-state index is 0.0124. The molecule has 0 saturated heterocycles. The van der Waals surface area contributed by atoms with Crippen LogP contribution in [0, 0.1) is 6.42 Å². The molecule has 2 unspecified atom stereocenters. The Labute approximate surface area is 258 Å². The molecule has 3 aromatic rings. The van der Waals surface area contributed by atoms with Crippen molar-refractivity contribution in [3.8, 4) is 5.75 Å². The lowest BCUT2D eigenvalue weighted by Gasteiger charge is -2.34. The maximum atomic E-state index is 13.1. The van der Waals surface area contributed by atoms with Gasteiger partial charge in [0.25, 0.3) is 0 Å². The Morgan fingerprint density at radius 1 is 0.773 bits per heavy atom. The lowest BCUT2D eigenvalue weighted by molar-refractivity contribution is -0.130. The number of carbonyl (C=O) groups excluding carboxylic acids is 4. The molecule has 4 atom stereocenters. The van der Waals surface area contributed by atoms with Crippen LogP contribution in [0.25, 0.3) is 0 Å². The van der Waals surface area contributed by atoms with Crippen LogP contribution in [-0.2, 0) is 38.8 Å². The smallest absolute Gasteiger partial charge is 0.408 e. The van der Waals surface area contributed by atoms with Gasteiger partial charge in [0.15, 0.2) is 0 Å². The van der Waals surface area contributed by atoms with Gasteiger partial charge >= 0.3 is 6.09 Å². The van der Waals surface area contributed by atoms with E-state index in [-0.39, 0.29) is 19.4 Å². The van der Waals surface area contributed by atoms with Crippen LogP contribution < -0.4 is 20.7 Å². The fourth-order valence-electron chi connectivity index (χ4n) is 4.24. The zero-order valence-electron chi connectivity index (χ0n) is 25.2. The molecule has 4 N–H and O–H groups in total. The first kappa shape index (κ1) is 33.8. The van der Waals surface area contributed by atoms with Gasteiger partial charge in [-0.2, -0.15) is 0 Å². The molecule has 0 aromatic heterocycles. The normalized spacial score (nSPS) is 14.2. The maximum Gasteiger partial charge on any atom is 0.408 e. The van der Waals surface area contributed by atoms with Crippen LogP contribution in [0.15, 0.2) is 84.9 Å². The SMILES string of the molecule is C[C@H](NC(=O)OCc1ccccc1)C(=O)N[C@@H](C)C(=O)NC(Cc1ccc(OCc2ccccc2)cc1)C(C)(O)[CH]CC=O. The van der Waals surface area contributed by atoms with Crippen molar-refractivity contribution in [2.75, 3.05) is 0 Å². The van der Waals surface area contributed by atoms with Crippen LogP contribution in [0.4, 0.5) is 4.79 Å². The summed E-state index contributed by atoms with van der Waals surface area (Å²) in [5.41, 5.74) is 1.11. The molecule has 3 amide bonds. The standard InChI is InChI=1S/C34H40N3O7/c1-24(35-31(39)25(2)36-33(41)44-23-28-13-8-5-9-14-28)32(40)37-30(34(3,42)19-10-20-38)21-26-15-17-29(18-16-26)43-22-27-11-6-4-7-12-27/h4-9,11-20,24-25,30,42H,10,21-23H2,1-3H3,(H,35,39)(H,36,41)(H,37,40)/t24-,25-,30?,34?/m0/s1. The van der Waals surface area contributed by atoms with Crippen LogP contribution >= 0.6 is 0 Å². The summed E-state index contributed by atoms with van der Waals surface area (Å²) < 4.78 is 11.0. The topological polar surface area (TPSA) is 143 Å². The van der Waals surface area contributed by atoms with Gasteiger partial charge in [0.1, 0.15) is 37.3 Å². The molecule has 3 aromatic carbocycles. The third-order valence-electron chi connectivity index (χ3n) is 6.95. The number of alkyl carbamates (subject to hydrolysis) is 1. The highest BCUT2D eigenvalue weighted by molar-refractivity contribution is 5.91. The number of ether oxygens (including phenoxy) is 2. The molecule has 0 fully saturated rings. The third kappa shape index (κ3) is 11.2. The zero-order valence-corrected chi connectivity index (χ0v) is 25.2. The second-order valence-corrected chi connectivity index (χ2v) is 10.7. The van der Waals surface area contributed by atoms with E-state index in [9.17, 15) is 24.3 Å². The van der Waals surface area contributed by atoms with Crippen molar-refractivity contribution >= 4 is 24.2 Å². The van der Waals surface area contributed by atoms with Gasteiger partial charge in [0, 0.05) is 12.8 Å². The van der Waals surface area contributed by atoms with E-state index in [1.807, 2.05) is 84.9 Å². The van der Waals surface area contributed by atoms with Crippen LogP contribution in [0.1, 0.15) is 43.9 Å². The molecule has 1 radical (unpaired) electrons. The number of carbonyl (C=O) groups is 4. The van der Waals surface area contributed by atoms with Crippen LogP contribution in [-0.4, -0.2) is 53.0 Å². The second-order valence-electron chi connectivity index (χ2n) is 10.7. The summed E-state index contributed by atoms with van der Waals surface area (Å²) in [6.45, 7) is 4.94. The number of nitrogens with one attached hydrogen (secondary N) is 3. The molecule has 0 saturated carbocycles. The minimum Gasteiger partial charge on any atom is -0.489 e. The molecule has 0 bridgehead atoms. The van der Waals surface area contributed by atoms with E-state index in [0.29, 0.717) is 18.6 Å². The molecule has 10 heteroatoms. The molecule has 233 valence electrons. The van der Waals surface area contributed by atoms with Crippen molar-refractivity contribution in [1.29, 1.82) is 0 Å². The van der Waals surface area contributed by atoms with Crippen LogP contribution in [0.5, 0.6) is 5.75 Å². The first-order valence-electron chi connectivity index (χ1n) is 14.4. The van der Waals surface area contributed by atoms with Crippen molar-refractivity contribution in [1.82, 2.24) is 16.0 Å². The summed E-state index contributed by atoms with van der Waals surface area (Å²) in [6, 6.07) is 23.4. The Kier molecular flexibility index (Phi) is 12.9. The quantitative estimate of drug-likeness (QED) is 0.183. The molecule has 0 aliphatic carbocycles. The summed E-state index contributed by atoms with van der Waals surface area (Å²) in [6.07, 6.45) is 1.54. The molecule has 3 rings (SSSR count). The maximum absolute atomic E-state index is 13.1. The summed E-state index contributed by atoms with van der Waals surface area (Å²) in [7, 11) is 0. The summed E-state index contributed by atoms with van der Waals surface area (Å²) in [5, 5.41) is 19.0. The van der Waals surface area contributed by atoms with Gasteiger partial charge < -0.3 is 35.3 Å². The van der Waals surface area contributed by atoms with Crippen molar-refractivity contribution in [3.63, 3.8) is 0 Å². The van der Waals surface area contributed by atoms with E-state index in [1.165, 1.54) is 27.2 Å². The third-order valence-corrected chi connectivity index (χ3v) is 6.95. The summed E-state index contributed by atoms with van der Waals surface area (Å²) in [4.78, 5) is 49.0. The first-order valence-corrected chi connectivity index (χ1v) is 14.4. The van der Waals surface area contributed by atoms with Gasteiger partial charge in [-0.15, -0.1) is 0 Å². The lowest BCUT2D eigenvalue weighted by Crippen LogP contribution is -2.58. The van der Waals surface area contributed by atoms with Crippen molar-refractivity contribution in [2.24, 2.45) is 0 Å². The summed E-state index contributed by atoms with van der Waals surface area (Å²) in [5.74, 6) is -0.475. The molecule has 0 aliphatic rings. The fraction of sp³-hybridized carbons (Fsp3) is 0.324. The van der Waals surface area contributed by atoms with Gasteiger partial charge in [-0.1, -0.05) is 72.8 Å². The highest BCUT2D eigenvalue weighted by atomic mass is 16.5. The predicted octanol–water partition coefficient (Wildman–Crippen LogP) is 3.66. The van der Waals surface area contributed by atoms with Gasteiger partial charge in [-0.3, -0.25) is 9.59 Å². The number of amides is 3. The average Bonchev–Trinajstić information content (AvgIpc) is 3.03. The average molecular weight is 603 g/mol. The minimum atomic E-state index is -1.54. The molecule has 0 spiro atoms. The van der Waals surface area contributed by atoms with E-state index in [2.05, 4.69) is 16.0 Å². The van der Waals surface area contributed by atoms with Gasteiger partial charge in [0.05, 0.1) is 11.6 Å². The number of aldehydes is 1.